The molecular weight excluding hydrogens is 309 g/mol. The van der Waals surface area contributed by atoms with Crippen molar-refractivity contribution in [2.24, 2.45) is 0 Å². The average Bonchev–Trinajstić information content (AvgIpc) is 2.62. The van der Waals surface area contributed by atoms with Crippen LogP contribution in [0.1, 0.15) is 25.0 Å². The van der Waals surface area contributed by atoms with Gasteiger partial charge in [0.25, 0.3) is 0 Å². The second kappa shape index (κ2) is 5.76. The molecule has 124 valence electrons. The number of rotatable bonds is 2. The fraction of sp³-hybridized carbons (Fsp3) is 0.143. The highest BCUT2D eigenvalue weighted by Gasteiger charge is 2.37. The van der Waals surface area contributed by atoms with Gasteiger partial charge in [0.15, 0.2) is 0 Å². The molecular formula is C21H20BNO2. The van der Waals surface area contributed by atoms with Crippen molar-refractivity contribution in [2.75, 3.05) is 4.90 Å². The summed E-state index contributed by atoms with van der Waals surface area (Å²) in [5, 5.41) is 19.2. The van der Waals surface area contributed by atoms with Crippen molar-refractivity contribution < 1.29 is 10.0 Å². The van der Waals surface area contributed by atoms with E-state index in [9.17, 15) is 10.0 Å². The maximum Gasteiger partial charge on any atom is 0.488 e. The first kappa shape index (κ1) is 15.9. The maximum absolute atomic E-state index is 9.62. The van der Waals surface area contributed by atoms with Crippen molar-refractivity contribution in [3.05, 3.63) is 83.9 Å². The lowest BCUT2D eigenvalue weighted by Gasteiger charge is -2.42. The molecule has 3 aromatic carbocycles. The molecule has 3 aromatic rings. The Morgan fingerprint density at radius 2 is 1.40 bits per heavy atom. The first-order valence-electron chi connectivity index (χ1n) is 8.45. The molecule has 4 rings (SSSR count). The summed E-state index contributed by atoms with van der Waals surface area (Å²) in [6.45, 7) is 4.36. The minimum atomic E-state index is -1.47. The largest absolute Gasteiger partial charge is 0.488 e. The Bertz CT molecular complexity index is 922. The third-order valence-electron chi connectivity index (χ3n) is 5.07. The van der Waals surface area contributed by atoms with Crippen LogP contribution in [0.4, 0.5) is 17.1 Å². The Kier molecular flexibility index (Phi) is 3.67. The quantitative estimate of drug-likeness (QED) is 0.708. The van der Waals surface area contributed by atoms with Crippen LogP contribution < -0.4 is 10.4 Å². The van der Waals surface area contributed by atoms with Crippen LogP contribution in [-0.2, 0) is 5.41 Å². The summed E-state index contributed by atoms with van der Waals surface area (Å²) >= 11 is 0. The van der Waals surface area contributed by atoms with Crippen molar-refractivity contribution >= 4 is 29.6 Å². The van der Waals surface area contributed by atoms with Gasteiger partial charge in [0, 0.05) is 11.1 Å². The minimum absolute atomic E-state index is 0.234. The molecule has 2 N–H and O–H groups in total. The number of hydrogen-bond acceptors (Lipinski definition) is 3. The fourth-order valence-corrected chi connectivity index (χ4v) is 3.74. The van der Waals surface area contributed by atoms with Crippen LogP contribution in [0, 0.1) is 0 Å². The average molecular weight is 329 g/mol. The molecule has 1 heterocycles. The summed E-state index contributed by atoms with van der Waals surface area (Å²) in [6.07, 6.45) is 0. The zero-order valence-corrected chi connectivity index (χ0v) is 14.3. The molecule has 0 fully saturated rings. The Hall–Kier alpha value is -2.56. The van der Waals surface area contributed by atoms with E-state index in [1.54, 1.807) is 6.07 Å². The van der Waals surface area contributed by atoms with Crippen molar-refractivity contribution in [3.8, 4) is 0 Å². The summed E-state index contributed by atoms with van der Waals surface area (Å²) in [6, 6.07) is 24.3. The Labute approximate surface area is 148 Å². The molecule has 4 heteroatoms. The van der Waals surface area contributed by atoms with Crippen molar-refractivity contribution in [2.45, 2.75) is 19.3 Å². The fourth-order valence-electron chi connectivity index (χ4n) is 3.74. The highest BCUT2D eigenvalue weighted by molar-refractivity contribution is 6.58. The smallest absolute Gasteiger partial charge is 0.423 e. The van der Waals surface area contributed by atoms with E-state index >= 15 is 0 Å². The predicted octanol–water partition coefficient (Wildman–Crippen LogP) is 3.48. The van der Waals surface area contributed by atoms with Gasteiger partial charge in [-0.05, 0) is 40.9 Å². The van der Waals surface area contributed by atoms with Crippen LogP contribution in [-0.4, -0.2) is 17.2 Å². The zero-order chi connectivity index (χ0) is 17.6. The summed E-state index contributed by atoms with van der Waals surface area (Å²) in [5.74, 6) is 0. The first-order valence-corrected chi connectivity index (χ1v) is 8.45. The predicted molar refractivity (Wildman–Crippen MR) is 103 cm³/mol. The highest BCUT2D eigenvalue weighted by Crippen LogP contribution is 2.51. The summed E-state index contributed by atoms with van der Waals surface area (Å²) < 4.78 is 0. The third kappa shape index (κ3) is 2.46. The van der Waals surface area contributed by atoms with Gasteiger partial charge in [-0.2, -0.15) is 0 Å². The number of para-hydroxylation sites is 2. The molecule has 1 aliphatic heterocycles. The topological polar surface area (TPSA) is 43.7 Å². The van der Waals surface area contributed by atoms with E-state index in [1.165, 1.54) is 5.56 Å². The van der Waals surface area contributed by atoms with Gasteiger partial charge in [0.1, 0.15) is 0 Å². The Morgan fingerprint density at radius 1 is 0.760 bits per heavy atom. The second-order valence-corrected chi connectivity index (χ2v) is 6.96. The van der Waals surface area contributed by atoms with Gasteiger partial charge >= 0.3 is 7.12 Å². The number of fused-ring (bicyclic) bond motifs is 2. The van der Waals surface area contributed by atoms with E-state index in [0.717, 1.165) is 22.6 Å². The van der Waals surface area contributed by atoms with E-state index in [0.29, 0.717) is 5.46 Å². The van der Waals surface area contributed by atoms with E-state index in [-0.39, 0.29) is 5.41 Å². The van der Waals surface area contributed by atoms with Crippen LogP contribution in [0.2, 0.25) is 0 Å². The normalized spacial score (nSPS) is 14.6. The number of benzene rings is 3. The summed E-state index contributed by atoms with van der Waals surface area (Å²) in [7, 11) is -1.47. The molecule has 0 spiro atoms. The van der Waals surface area contributed by atoms with Gasteiger partial charge in [0.05, 0.1) is 11.4 Å². The lowest BCUT2D eigenvalue weighted by Crippen LogP contribution is -2.35. The standard InChI is InChI=1S/C21H20BNO2/c1-21(2)17-10-6-7-11-19(17)23(16-8-4-3-5-9-16)20-13-12-15(22(24)25)14-18(20)21/h3-14,24-25H,1-2H3. The van der Waals surface area contributed by atoms with Gasteiger partial charge in [-0.3, -0.25) is 0 Å². The van der Waals surface area contributed by atoms with Crippen molar-refractivity contribution in [1.82, 2.24) is 0 Å². The molecule has 0 radical (unpaired) electrons. The van der Waals surface area contributed by atoms with Crippen molar-refractivity contribution in [3.63, 3.8) is 0 Å². The maximum atomic E-state index is 9.62. The highest BCUT2D eigenvalue weighted by atomic mass is 16.4. The number of nitrogens with zero attached hydrogens (tertiary/aromatic N) is 1. The summed E-state index contributed by atoms with van der Waals surface area (Å²) in [4.78, 5) is 2.24. The van der Waals surface area contributed by atoms with E-state index in [2.05, 4.69) is 55.1 Å². The molecule has 0 aliphatic carbocycles. The molecule has 0 saturated heterocycles. The molecule has 3 nitrogen and oxygen atoms in total. The Balaban J connectivity index is 2.02. The first-order chi connectivity index (χ1) is 12.0. The molecule has 25 heavy (non-hydrogen) atoms. The molecule has 0 amide bonds. The van der Waals surface area contributed by atoms with Crippen LogP contribution in [0.15, 0.2) is 72.8 Å². The Morgan fingerprint density at radius 3 is 2.12 bits per heavy atom. The zero-order valence-electron chi connectivity index (χ0n) is 14.3. The molecule has 0 aromatic heterocycles. The van der Waals surface area contributed by atoms with E-state index in [1.807, 2.05) is 30.3 Å². The SMILES string of the molecule is CC1(C)c2ccccc2N(c2ccccc2)c2ccc(B(O)O)cc21. The van der Waals surface area contributed by atoms with Gasteiger partial charge in [0.2, 0.25) is 0 Å². The van der Waals surface area contributed by atoms with Crippen LogP contribution in [0.25, 0.3) is 0 Å². The van der Waals surface area contributed by atoms with Crippen LogP contribution in [0.3, 0.4) is 0 Å². The van der Waals surface area contributed by atoms with Gasteiger partial charge < -0.3 is 14.9 Å². The minimum Gasteiger partial charge on any atom is -0.423 e. The molecule has 0 saturated carbocycles. The molecule has 0 bridgehead atoms. The third-order valence-corrected chi connectivity index (χ3v) is 5.07. The van der Waals surface area contributed by atoms with E-state index in [4.69, 9.17) is 0 Å². The van der Waals surface area contributed by atoms with E-state index < -0.39 is 7.12 Å². The molecule has 0 unspecified atom stereocenters. The van der Waals surface area contributed by atoms with Crippen molar-refractivity contribution in [1.29, 1.82) is 0 Å². The number of anilines is 3. The molecule has 1 aliphatic rings. The van der Waals surface area contributed by atoms with Crippen LogP contribution in [0.5, 0.6) is 0 Å². The number of hydrogen-bond donors (Lipinski definition) is 2. The van der Waals surface area contributed by atoms with Gasteiger partial charge in [-0.1, -0.05) is 62.4 Å². The second-order valence-electron chi connectivity index (χ2n) is 6.96. The van der Waals surface area contributed by atoms with Gasteiger partial charge in [-0.15, -0.1) is 0 Å². The lowest BCUT2D eigenvalue weighted by molar-refractivity contribution is 0.425. The lowest BCUT2D eigenvalue weighted by atomic mass is 9.70. The van der Waals surface area contributed by atoms with Gasteiger partial charge in [-0.25, -0.2) is 0 Å². The summed E-state index contributed by atoms with van der Waals surface area (Å²) in [5.41, 5.74) is 5.89. The molecule has 0 atom stereocenters. The van der Waals surface area contributed by atoms with Crippen LogP contribution >= 0.6 is 0 Å². The monoisotopic (exact) mass is 329 g/mol.